The van der Waals surface area contributed by atoms with Gasteiger partial charge >= 0.3 is 19.4 Å². The Labute approximate surface area is 222 Å². The number of carbonyl (C=O) groups excluding carboxylic acids is 1. The van der Waals surface area contributed by atoms with E-state index in [0.717, 1.165) is 23.9 Å². The molecule has 17 heteroatoms. The highest BCUT2D eigenvalue weighted by Crippen LogP contribution is 2.48. The second-order valence-electron chi connectivity index (χ2n) is 8.69. The molecule has 0 aliphatic carbocycles. The maximum absolute atomic E-state index is 13.8. The molecule has 1 aliphatic heterocycles. The van der Waals surface area contributed by atoms with E-state index in [9.17, 15) is 24.1 Å². The summed E-state index contributed by atoms with van der Waals surface area (Å²) in [4.78, 5) is 41.0. The number of nitrogens with zero attached hydrogens (tertiary/aromatic N) is 4. The van der Waals surface area contributed by atoms with Crippen molar-refractivity contribution >= 4 is 13.7 Å². The van der Waals surface area contributed by atoms with Crippen molar-refractivity contribution in [1.82, 2.24) is 14.6 Å². The first kappa shape index (κ1) is 30.1. The quantitative estimate of drug-likeness (QED) is 0.110. The fourth-order valence-electron chi connectivity index (χ4n) is 3.65. The lowest BCUT2D eigenvalue weighted by Gasteiger charge is -2.32. The molecule has 212 valence electrons. The lowest BCUT2D eigenvalue weighted by molar-refractivity contribution is -0.266. The van der Waals surface area contributed by atoms with Gasteiger partial charge in [-0.05, 0) is 38.4 Å². The van der Waals surface area contributed by atoms with Gasteiger partial charge < -0.3 is 23.8 Å². The van der Waals surface area contributed by atoms with Crippen LogP contribution in [-0.2, 0) is 28.1 Å². The van der Waals surface area contributed by atoms with Crippen molar-refractivity contribution in [1.29, 1.82) is 0 Å². The minimum Gasteiger partial charge on any atom is -0.462 e. The van der Waals surface area contributed by atoms with E-state index < -0.39 is 67.9 Å². The molecule has 1 aromatic heterocycles. The normalized spacial score (nSPS) is 24.9. The van der Waals surface area contributed by atoms with Crippen molar-refractivity contribution in [3.8, 4) is 5.75 Å². The molecule has 3 rings (SSSR count). The Morgan fingerprint density at radius 1 is 1.31 bits per heavy atom. The number of benzene rings is 1. The number of H-pyrrole nitrogens is 1. The van der Waals surface area contributed by atoms with Crippen molar-refractivity contribution in [2.45, 2.75) is 57.1 Å². The molecule has 1 aromatic carbocycles. The lowest BCUT2D eigenvalue weighted by Crippen LogP contribution is -2.48. The predicted octanol–water partition coefficient (Wildman–Crippen LogP) is 1.58. The van der Waals surface area contributed by atoms with Crippen LogP contribution in [0.15, 0.2) is 57.3 Å². The number of para-hydroxylation sites is 1. The molecule has 0 spiro atoms. The summed E-state index contributed by atoms with van der Waals surface area (Å²) in [6.07, 6.45) is -2.57. The Morgan fingerprint density at radius 2 is 2.00 bits per heavy atom. The number of nitrogens with one attached hydrogen (secondary N) is 2. The van der Waals surface area contributed by atoms with E-state index in [-0.39, 0.29) is 5.75 Å². The van der Waals surface area contributed by atoms with E-state index in [1.807, 2.05) is 4.98 Å². The largest absolute Gasteiger partial charge is 0.462 e. The molecular formula is C22H29N6O10P. The maximum Gasteiger partial charge on any atom is 0.459 e. The van der Waals surface area contributed by atoms with Gasteiger partial charge in [0.15, 0.2) is 6.23 Å². The van der Waals surface area contributed by atoms with E-state index in [2.05, 4.69) is 15.1 Å². The first-order valence-corrected chi connectivity index (χ1v) is 13.2. The van der Waals surface area contributed by atoms with Crippen LogP contribution in [0.5, 0.6) is 5.75 Å². The van der Waals surface area contributed by atoms with Crippen LogP contribution in [0.4, 0.5) is 0 Å². The molecule has 1 aliphatic rings. The summed E-state index contributed by atoms with van der Waals surface area (Å²) in [5.74, 6) is -2.75. The second-order valence-corrected chi connectivity index (χ2v) is 10.4. The van der Waals surface area contributed by atoms with Crippen LogP contribution in [0.2, 0.25) is 0 Å². The maximum atomic E-state index is 13.8. The minimum atomic E-state index is -4.41. The number of azide groups is 1. The van der Waals surface area contributed by atoms with Crippen LogP contribution in [0.1, 0.15) is 27.0 Å². The van der Waals surface area contributed by atoms with Gasteiger partial charge in [-0.3, -0.25) is 23.7 Å². The molecule has 2 heterocycles. The van der Waals surface area contributed by atoms with Gasteiger partial charge in [0.1, 0.15) is 30.5 Å². The van der Waals surface area contributed by atoms with Crippen LogP contribution < -0.4 is 20.9 Å². The van der Waals surface area contributed by atoms with Crippen LogP contribution >= 0.6 is 7.75 Å². The number of aromatic nitrogens is 2. The van der Waals surface area contributed by atoms with E-state index in [4.69, 9.17) is 28.8 Å². The molecule has 3 N–H and O–H groups in total. The Hall–Kier alpha value is -3.49. The molecule has 2 aromatic rings. The number of aliphatic hydroxyl groups is 1. The molecule has 0 radical (unpaired) electrons. The summed E-state index contributed by atoms with van der Waals surface area (Å²) in [7, 11) is -3.28. The molecule has 39 heavy (non-hydrogen) atoms. The van der Waals surface area contributed by atoms with E-state index in [0.29, 0.717) is 0 Å². The Bertz CT molecular complexity index is 1360. The van der Waals surface area contributed by atoms with Gasteiger partial charge in [0.2, 0.25) is 5.79 Å². The second kappa shape index (κ2) is 12.6. The van der Waals surface area contributed by atoms with Gasteiger partial charge in [-0.1, -0.05) is 23.3 Å². The smallest absolute Gasteiger partial charge is 0.459 e. The third-order valence-electron chi connectivity index (χ3n) is 5.50. The zero-order valence-corrected chi connectivity index (χ0v) is 22.4. The average molecular weight is 568 g/mol. The highest BCUT2D eigenvalue weighted by atomic mass is 31.2. The molecule has 16 nitrogen and oxygen atoms in total. The third kappa shape index (κ3) is 7.13. The number of carbonyl (C=O) groups is 1. The average Bonchev–Trinajstić information content (AvgIpc) is 3.15. The van der Waals surface area contributed by atoms with Crippen molar-refractivity contribution < 1.29 is 37.7 Å². The molecule has 0 amide bonds. The summed E-state index contributed by atoms with van der Waals surface area (Å²) in [6.45, 7) is 3.89. The Balaban J connectivity index is 1.92. The SMILES string of the molecule is CO[C@]1(CO[P@](=O)(N[C@H](C)C(=O)OC(C)C)Oc2ccccc2)O[C@@H](n2ccc(=O)[nH]c2=O)C(N=[N+]=[N-])[C@@H]1O. The zero-order valence-electron chi connectivity index (χ0n) is 21.5. The number of aromatic amines is 1. The number of esters is 1. The molecule has 0 saturated carbocycles. The topological polar surface area (TPSA) is 216 Å². The van der Waals surface area contributed by atoms with E-state index >= 15 is 0 Å². The predicted molar refractivity (Wildman–Crippen MR) is 135 cm³/mol. The fraction of sp³-hybridized carbons (Fsp3) is 0.500. The third-order valence-corrected chi connectivity index (χ3v) is 7.13. The molecule has 1 unspecified atom stereocenters. The fourth-order valence-corrected chi connectivity index (χ4v) is 5.15. The van der Waals surface area contributed by atoms with Crippen LogP contribution in [0.25, 0.3) is 10.4 Å². The lowest BCUT2D eigenvalue weighted by atomic mass is 10.1. The molecular weight excluding hydrogens is 539 g/mol. The van der Waals surface area contributed by atoms with Gasteiger partial charge in [-0.15, -0.1) is 0 Å². The first-order chi connectivity index (χ1) is 18.4. The minimum absolute atomic E-state index is 0.127. The number of hydrogen-bond donors (Lipinski definition) is 3. The van der Waals surface area contributed by atoms with Gasteiger partial charge in [-0.2, -0.15) is 5.09 Å². The number of hydrogen-bond acceptors (Lipinski definition) is 11. The van der Waals surface area contributed by atoms with E-state index in [1.165, 1.54) is 19.1 Å². The van der Waals surface area contributed by atoms with Gasteiger partial charge in [0.25, 0.3) is 5.56 Å². The van der Waals surface area contributed by atoms with Crippen molar-refractivity contribution in [3.05, 3.63) is 73.9 Å². The highest BCUT2D eigenvalue weighted by Gasteiger charge is 2.57. The summed E-state index contributed by atoms with van der Waals surface area (Å²) in [5, 5.41) is 17.1. The monoisotopic (exact) mass is 568 g/mol. The first-order valence-electron chi connectivity index (χ1n) is 11.7. The number of aliphatic hydroxyl groups excluding tert-OH is 1. The Morgan fingerprint density at radius 3 is 2.59 bits per heavy atom. The molecule has 0 bridgehead atoms. The van der Waals surface area contributed by atoms with Crippen molar-refractivity contribution in [2.75, 3.05) is 13.7 Å². The molecule has 1 fully saturated rings. The van der Waals surface area contributed by atoms with E-state index in [1.54, 1.807) is 32.0 Å². The summed E-state index contributed by atoms with van der Waals surface area (Å²) in [6, 6.07) is 6.36. The van der Waals surface area contributed by atoms with Crippen molar-refractivity contribution in [2.24, 2.45) is 5.11 Å². The van der Waals surface area contributed by atoms with Crippen LogP contribution in [0.3, 0.4) is 0 Å². The highest BCUT2D eigenvalue weighted by molar-refractivity contribution is 7.52. The number of methoxy groups -OCH3 is 1. The number of rotatable bonds is 12. The molecule has 1 saturated heterocycles. The van der Waals surface area contributed by atoms with Gasteiger partial charge in [0.05, 0.1) is 6.10 Å². The van der Waals surface area contributed by atoms with Gasteiger partial charge in [0, 0.05) is 24.3 Å². The van der Waals surface area contributed by atoms with Crippen LogP contribution in [0, 0.1) is 0 Å². The number of ether oxygens (including phenoxy) is 3. The Kier molecular flexibility index (Phi) is 9.69. The summed E-state index contributed by atoms with van der Waals surface area (Å²) >= 11 is 0. The standard InChI is InChI=1S/C22H29N6O10P/c1-13(2)36-20(31)14(3)26-39(33,38-15-8-6-5-7-9-15)35-12-22(34-4)18(30)17(25-27-23)19(37-22)28-11-10-16(29)24-21(28)32/h5-11,13-14,17-19,30H,12H2,1-4H3,(H,26,33)(H,24,29,32)/t14-,17?,18+,19-,22-,39-/m1/s1. The summed E-state index contributed by atoms with van der Waals surface area (Å²) in [5.41, 5.74) is 7.46. The summed E-state index contributed by atoms with van der Waals surface area (Å²) < 4.78 is 42.2. The molecule has 6 atom stereocenters. The van der Waals surface area contributed by atoms with Gasteiger partial charge in [-0.25, -0.2) is 9.36 Å². The van der Waals surface area contributed by atoms with Crippen LogP contribution in [-0.4, -0.2) is 64.4 Å². The van der Waals surface area contributed by atoms with Crippen molar-refractivity contribution in [3.63, 3.8) is 0 Å². The zero-order chi connectivity index (χ0) is 28.8.